The van der Waals surface area contributed by atoms with Crippen molar-refractivity contribution >= 4 is 11.6 Å². The van der Waals surface area contributed by atoms with Gasteiger partial charge in [0.2, 0.25) is 0 Å². The lowest BCUT2D eigenvalue weighted by atomic mass is 9.55. The van der Waals surface area contributed by atoms with Gasteiger partial charge in [0.1, 0.15) is 11.5 Å². The highest BCUT2D eigenvalue weighted by Crippen LogP contribution is 2.59. The lowest BCUT2D eigenvalue weighted by Crippen LogP contribution is -2.42. The molecule has 3 heteroatoms. The zero-order valence-electron chi connectivity index (χ0n) is 13.9. The first-order valence-electron chi connectivity index (χ1n) is 8.82. The van der Waals surface area contributed by atoms with Crippen LogP contribution >= 0.6 is 0 Å². The maximum absolute atomic E-state index is 12.4. The molecule has 4 atom stereocenters. The van der Waals surface area contributed by atoms with E-state index in [-0.39, 0.29) is 16.9 Å². The number of phenolic OH excluding ortho intramolecular Hbond substituents is 1. The van der Waals surface area contributed by atoms with E-state index in [1.807, 2.05) is 6.07 Å². The van der Waals surface area contributed by atoms with Crippen molar-refractivity contribution < 1.29 is 14.7 Å². The third-order valence-electron chi connectivity index (χ3n) is 6.93. The maximum atomic E-state index is 12.4. The molecule has 0 spiro atoms. The van der Waals surface area contributed by atoms with Gasteiger partial charge in [-0.25, -0.2) is 0 Å². The van der Waals surface area contributed by atoms with Crippen LogP contribution in [0.3, 0.4) is 0 Å². The van der Waals surface area contributed by atoms with Crippen molar-refractivity contribution in [2.24, 2.45) is 17.3 Å². The molecule has 1 aromatic rings. The molecule has 2 saturated carbocycles. The second-order valence-corrected chi connectivity index (χ2v) is 7.96. The van der Waals surface area contributed by atoms with E-state index in [9.17, 15) is 14.7 Å². The molecule has 0 unspecified atom stereocenters. The molecular formula is C20H24O3. The molecule has 0 saturated heterocycles. The molecule has 0 radical (unpaired) electrons. The van der Waals surface area contributed by atoms with Gasteiger partial charge < -0.3 is 5.11 Å². The number of benzene rings is 1. The van der Waals surface area contributed by atoms with Crippen molar-refractivity contribution in [1.82, 2.24) is 0 Å². The number of carbonyl (C=O) groups is 2. The van der Waals surface area contributed by atoms with Gasteiger partial charge in [-0.3, -0.25) is 9.59 Å². The summed E-state index contributed by atoms with van der Waals surface area (Å²) in [5, 5.41) is 10.1. The SMILES string of the molecule is CC(=O)c1cc2c(cc1O)CC[C@@H]1[C@@H]2CC[C@@]2(C)C(=O)CC[C@@H]12. The van der Waals surface area contributed by atoms with Crippen LogP contribution < -0.4 is 0 Å². The molecule has 3 nitrogen and oxygen atoms in total. The molecule has 0 aromatic heterocycles. The van der Waals surface area contributed by atoms with Crippen LogP contribution in [0, 0.1) is 17.3 Å². The molecule has 122 valence electrons. The van der Waals surface area contributed by atoms with Crippen molar-refractivity contribution in [3.63, 3.8) is 0 Å². The summed E-state index contributed by atoms with van der Waals surface area (Å²) >= 11 is 0. The predicted molar refractivity (Wildman–Crippen MR) is 87.7 cm³/mol. The Morgan fingerprint density at radius 1 is 1.22 bits per heavy atom. The predicted octanol–water partition coefficient (Wildman–Crippen LogP) is 4.02. The summed E-state index contributed by atoms with van der Waals surface area (Å²) in [5.74, 6) is 1.99. The zero-order valence-corrected chi connectivity index (χ0v) is 13.9. The number of hydrogen-bond donors (Lipinski definition) is 1. The summed E-state index contributed by atoms with van der Waals surface area (Å²) in [6.07, 6.45) is 5.81. The highest BCUT2D eigenvalue weighted by Gasteiger charge is 2.54. The molecule has 0 amide bonds. The summed E-state index contributed by atoms with van der Waals surface area (Å²) < 4.78 is 0. The van der Waals surface area contributed by atoms with E-state index in [2.05, 4.69) is 6.92 Å². The minimum Gasteiger partial charge on any atom is -0.507 e. The standard InChI is InChI=1S/C20H24O3/c1-11(21)15-10-16-12(9-18(15)22)3-4-14-13(16)7-8-20(2)17(14)5-6-19(20)23/h9-10,13-14,17,22H,3-8H2,1-2H3/t13-,14+,17-,20+/m0/s1. The summed E-state index contributed by atoms with van der Waals surface area (Å²) in [7, 11) is 0. The third kappa shape index (κ3) is 2.02. The Balaban J connectivity index is 1.76. The van der Waals surface area contributed by atoms with Gasteiger partial charge in [0.05, 0.1) is 5.56 Å². The van der Waals surface area contributed by atoms with Gasteiger partial charge in [-0.15, -0.1) is 0 Å². The molecule has 3 aliphatic carbocycles. The summed E-state index contributed by atoms with van der Waals surface area (Å²) in [6, 6.07) is 3.74. The number of rotatable bonds is 1. The van der Waals surface area contributed by atoms with Crippen LogP contribution in [0.1, 0.15) is 73.4 Å². The molecule has 0 heterocycles. The van der Waals surface area contributed by atoms with Crippen LogP contribution in [0.4, 0.5) is 0 Å². The number of hydrogen-bond acceptors (Lipinski definition) is 3. The van der Waals surface area contributed by atoms with Gasteiger partial charge in [-0.1, -0.05) is 6.92 Å². The quantitative estimate of drug-likeness (QED) is 0.797. The minimum atomic E-state index is -0.112. The molecule has 0 aliphatic heterocycles. The fourth-order valence-corrected chi connectivity index (χ4v) is 5.66. The van der Waals surface area contributed by atoms with Gasteiger partial charge in [0.15, 0.2) is 5.78 Å². The maximum Gasteiger partial charge on any atom is 0.163 e. The molecule has 0 bridgehead atoms. The van der Waals surface area contributed by atoms with E-state index < -0.39 is 0 Å². The Bertz CT molecular complexity index is 705. The smallest absolute Gasteiger partial charge is 0.163 e. The summed E-state index contributed by atoms with van der Waals surface area (Å²) in [6.45, 7) is 3.69. The average molecular weight is 312 g/mol. The molecule has 4 rings (SSSR count). The van der Waals surface area contributed by atoms with E-state index >= 15 is 0 Å². The van der Waals surface area contributed by atoms with Crippen molar-refractivity contribution in [1.29, 1.82) is 0 Å². The van der Waals surface area contributed by atoms with Gasteiger partial charge >= 0.3 is 0 Å². The molecule has 23 heavy (non-hydrogen) atoms. The number of aromatic hydroxyl groups is 1. The van der Waals surface area contributed by atoms with E-state index in [1.165, 1.54) is 18.1 Å². The lowest BCUT2D eigenvalue weighted by molar-refractivity contribution is -0.129. The Morgan fingerprint density at radius 3 is 2.74 bits per heavy atom. The fourth-order valence-electron chi connectivity index (χ4n) is 5.66. The van der Waals surface area contributed by atoms with Gasteiger partial charge in [-0.2, -0.15) is 0 Å². The number of Topliss-reactive ketones (excluding diaryl/α,β-unsaturated/α-hetero) is 2. The van der Waals surface area contributed by atoms with Crippen molar-refractivity contribution in [3.05, 3.63) is 28.8 Å². The number of fused-ring (bicyclic) bond motifs is 5. The Labute approximate surface area is 137 Å². The lowest BCUT2D eigenvalue weighted by Gasteiger charge is -2.48. The van der Waals surface area contributed by atoms with Crippen molar-refractivity contribution in [3.8, 4) is 5.75 Å². The van der Waals surface area contributed by atoms with Crippen LogP contribution in [0.2, 0.25) is 0 Å². The van der Waals surface area contributed by atoms with E-state index in [0.29, 0.717) is 29.1 Å². The minimum absolute atomic E-state index is 0.0795. The van der Waals surface area contributed by atoms with Crippen molar-refractivity contribution in [2.45, 2.75) is 58.3 Å². The monoisotopic (exact) mass is 312 g/mol. The summed E-state index contributed by atoms with van der Waals surface area (Å²) in [4.78, 5) is 24.1. The van der Waals surface area contributed by atoms with E-state index in [4.69, 9.17) is 0 Å². The summed E-state index contributed by atoms with van der Waals surface area (Å²) in [5.41, 5.74) is 2.78. The first-order valence-corrected chi connectivity index (χ1v) is 8.82. The first kappa shape index (κ1) is 14.9. The second-order valence-electron chi connectivity index (χ2n) is 7.96. The average Bonchev–Trinajstić information content (AvgIpc) is 2.81. The van der Waals surface area contributed by atoms with Crippen LogP contribution in [-0.2, 0) is 11.2 Å². The molecule has 1 aromatic carbocycles. The Kier molecular flexibility index (Phi) is 3.20. The number of phenols is 1. The van der Waals surface area contributed by atoms with E-state index in [0.717, 1.165) is 38.5 Å². The van der Waals surface area contributed by atoms with Crippen LogP contribution in [0.25, 0.3) is 0 Å². The highest BCUT2D eigenvalue weighted by atomic mass is 16.3. The molecule has 2 fully saturated rings. The first-order chi connectivity index (χ1) is 10.9. The molecular weight excluding hydrogens is 288 g/mol. The zero-order chi connectivity index (χ0) is 16.4. The van der Waals surface area contributed by atoms with Crippen LogP contribution in [-0.4, -0.2) is 16.7 Å². The number of ketones is 2. The van der Waals surface area contributed by atoms with E-state index in [1.54, 1.807) is 6.07 Å². The normalized spacial score (nSPS) is 35.4. The third-order valence-corrected chi connectivity index (χ3v) is 6.93. The molecule has 1 N–H and O–H groups in total. The van der Waals surface area contributed by atoms with Gasteiger partial charge in [0, 0.05) is 11.8 Å². The highest BCUT2D eigenvalue weighted by molar-refractivity contribution is 5.97. The number of carbonyl (C=O) groups excluding carboxylic acids is 2. The van der Waals surface area contributed by atoms with Gasteiger partial charge in [-0.05, 0) is 80.0 Å². The van der Waals surface area contributed by atoms with Crippen LogP contribution in [0.5, 0.6) is 5.75 Å². The Morgan fingerprint density at radius 2 is 2.00 bits per heavy atom. The number of aryl methyl sites for hydroxylation is 1. The fraction of sp³-hybridized carbons (Fsp3) is 0.600. The van der Waals surface area contributed by atoms with Gasteiger partial charge in [0.25, 0.3) is 0 Å². The second kappa shape index (κ2) is 4.93. The largest absolute Gasteiger partial charge is 0.507 e. The van der Waals surface area contributed by atoms with Crippen molar-refractivity contribution in [2.75, 3.05) is 0 Å². The van der Waals surface area contributed by atoms with Crippen LogP contribution in [0.15, 0.2) is 12.1 Å². The Hall–Kier alpha value is -1.64. The topological polar surface area (TPSA) is 54.4 Å². The molecule has 3 aliphatic rings.